The fraction of sp³-hybridized carbons (Fsp3) is 0.402. The van der Waals surface area contributed by atoms with Gasteiger partial charge in [0.25, 0.3) is 0 Å². The highest BCUT2D eigenvalue weighted by molar-refractivity contribution is 7.80. The first-order chi connectivity index (χ1) is 54.2. The third-order valence-corrected chi connectivity index (χ3v) is 22.7. The van der Waals surface area contributed by atoms with Gasteiger partial charge in [-0.1, -0.05) is 115 Å². The number of ketones is 2. The van der Waals surface area contributed by atoms with Gasteiger partial charge in [0.05, 0.1) is 71.5 Å². The smallest absolute Gasteiger partial charge is 0.237 e. The Morgan fingerprint density at radius 3 is 1.94 bits per heavy atom. The molecule has 4 unspecified atom stereocenters. The zero-order chi connectivity index (χ0) is 82.0. The number of hydrogen-bond acceptors (Lipinski definition) is 25. The number of fused-ring (bicyclic) bond motifs is 15. The van der Waals surface area contributed by atoms with Crippen LogP contribution in [0, 0.1) is 17.8 Å². The summed E-state index contributed by atoms with van der Waals surface area (Å²) in [4.78, 5) is 89.0. The highest BCUT2D eigenvalue weighted by atomic mass is 35.5. The van der Waals surface area contributed by atoms with Crippen LogP contribution in [0.1, 0.15) is 130 Å². The van der Waals surface area contributed by atoms with Crippen molar-refractivity contribution in [1.29, 1.82) is 0 Å². The van der Waals surface area contributed by atoms with Crippen molar-refractivity contribution in [2.24, 2.45) is 23.5 Å². The molecule has 7 aliphatic rings. The van der Waals surface area contributed by atoms with Gasteiger partial charge >= 0.3 is 0 Å². The Morgan fingerprint density at radius 2 is 1.33 bits per heavy atom. The molecule has 0 aromatic heterocycles. The van der Waals surface area contributed by atoms with E-state index in [1.807, 2.05) is 50.2 Å². The minimum Gasteiger partial charge on any atom is -0.508 e. The summed E-state index contributed by atoms with van der Waals surface area (Å²) in [5.74, 6) is -14.4. The van der Waals surface area contributed by atoms with Gasteiger partial charge in [0.1, 0.15) is 65.0 Å². The lowest BCUT2D eigenvalue weighted by Gasteiger charge is -2.48. The highest BCUT2D eigenvalue weighted by Crippen LogP contribution is 2.51. The Morgan fingerprint density at radius 1 is 0.702 bits per heavy atom. The molecule has 7 heterocycles. The average Bonchev–Trinajstić information content (AvgIpc) is 0.755. The summed E-state index contributed by atoms with van der Waals surface area (Å²) < 4.78 is 40.0. The Kier molecular flexibility index (Phi) is 26.4. The molecule has 11 bridgehead atoms. The lowest BCUT2D eigenvalue weighted by atomic mass is 9.79. The van der Waals surface area contributed by atoms with E-state index in [-0.39, 0.29) is 90.7 Å². The summed E-state index contributed by atoms with van der Waals surface area (Å²) in [6.07, 6.45) is -19.7. The van der Waals surface area contributed by atoms with Crippen LogP contribution >= 0.6 is 47.0 Å². The number of nitrogens with one attached hydrogen (secondary N) is 5. The quantitative estimate of drug-likeness (QED) is 0.0383. The molecular weight excluding hydrogens is 1560 g/mol. The lowest BCUT2D eigenvalue weighted by molar-refractivity contribution is -0.334. The van der Waals surface area contributed by atoms with Crippen LogP contribution in [0.2, 0.25) is 15.1 Å². The highest BCUT2D eigenvalue weighted by Gasteiger charge is 2.52. The molecule has 7 aromatic carbocycles. The minimum atomic E-state index is -1.99. The number of benzene rings is 7. The van der Waals surface area contributed by atoms with E-state index in [0.29, 0.717) is 5.02 Å². The second-order valence-electron chi connectivity index (χ2n) is 30.0. The first kappa shape index (κ1) is 84.4. The molecule has 7 aromatic rings. The molecule has 0 saturated carbocycles. The molecule has 4 amide bonds. The molecule has 2 fully saturated rings. The summed E-state index contributed by atoms with van der Waals surface area (Å²) in [5.41, 5.74) is 6.70. The molecule has 0 spiro atoms. The van der Waals surface area contributed by atoms with Crippen LogP contribution in [-0.2, 0) is 49.5 Å². The fourth-order valence-electron chi connectivity index (χ4n) is 15.2. The van der Waals surface area contributed by atoms with Gasteiger partial charge in [-0.25, -0.2) is 0 Å². The molecule has 606 valence electrons. The van der Waals surface area contributed by atoms with E-state index in [2.05, 4.69) is 26.6 Å². The number of carbonyl (C=O) groups excluding carboxylic acids is 6. The van der Waals surface area contributed by atoms with Crippen LogP contribution in [0.4, 0.5) is 0 Å². The Bertz CT molecular complexity index is 4800. The number of nitrogens with two attached hydrogens (primary N) is 1. The maximum atomic E-state index is 15.8. The predicted molar refractivity (Wildman–Crippen MR) is 420 cm³/mol. The number of phenolic OH excluding ortho intramolecular Hbond substituents is 3. The SMILES string of the molecule is CN[C@H](CC(C)C)C(=O)N[C@H]1C(=O)C[C@@H](CC(N)=O)C(=O)N[C@H]2C(=S)C[C@@H]3C(=O)C[C@H](C(=O)N[C@H](CO)c4cc(O)cc(O)c4-c4cc3ccc4O)[C@H](O)c3ccc(c(Cl)c3)Oc3cc2cc(c3OC2OC(CO)C(O)[C@H](O)[C@H]2O[C@H]2CC(C)(NCc3ccc(-c4ccc(Cl)cc4)cc3)[C@H](O)[C@H](C)O2)Oc2ccc(cc2Cl)[C@H]1O. The number of aliphatic hydroxyl groups excluding tert-OH is 7. The van der Waals surface area contributed by atoms with Crippen molar-refractivity contribution >= 4 is 87.1 Å². The van der Waals surface area contributed by atoms with E-state index in [1.165, 1.54) is 73.8 Å². The van der Waals surface area contributed by atoms with Gasteiger partial charge in [0.15, 0.2) is 29.7 Å². The summed E-state index contributed by atoms with van der Waals surface area (Å²) in [5, 5.41) is 132. The van der Waals surface area contributed by atoms with Crippen LogP contribution in [0.3, 0.4) is 0 Å². The summed E-state index contributed by atoms with van der Waals surface area (Å²) in [6.45, 7) is 5.50. The third-order valence-electron chi connectivity index (χ3n) is 21.5. The second kappa shape index (κ2) is 35.6. The van der Waals surface area contributed by atoms with Crippen molar-refractivity contribution in [3.63, 3.8) is 0 Å². The van der Waals surface area contributed by atoms with Crippen LogP contribution in [0.25, 0.3) is 22.3 Å². The molecule has 14 rings (SSSR count). The molecule has 2 saturated heterocycles. The molecule has 114 heavy (non-hydrogen) atoms. The van der Waals surface area contributed by atoms with Gasteiger partial charge < -0.3 is 112 Å². The van der Waals surface area contributed by atoms with E-state index < -0.39 is 217 Å². The number of likely N-dealkylation sites (N-methyl/N-ethyl adjacent to an activating group) is 1. The zero-order valence-corrected chi connectivity index (χ0v) is 65.5. The van der Waals surface area contributed by atoms with Crippen LogP contribution in [0.15, 0.2) is 127 Å². The van der Waals surface area contributed by atoms with Gasteiger partial charge in [0, 0.05) is 70.8 Å². The Hall–Kier alpha value is -8.96. The number of halogens is 3. The molecule has 28 nitrogen and oxygen atoms in total. The number of primary amides is 1. The second-order valence-corrected chi connectivity index (χ2v) is 31.8. The Labute approximate surface area is 675 Å². The average molecular weight is 1650 g/mol. The van der Waals surface area contributed by atoms with Gasteiger partial charge in [-0.15, -0.1) is 0 Å². The number of thiocarbonyl (C=S) groups is 1. The standard InChI is InChI=1S/C82H89Cl3N6O22S/c1-36(2)20-54(87-5)80(107)91-70-59(98)24-45(27-66(86)99)78(105)90-69-44-25-62(109-60-18-13-42(22-52(60)84)71(100)51-30-57(96)48(31-65(69)114)41-12-17-56(95)50(21-41)68-49(28-47(94)29-58(68)97)55(34-92)89-79(51)106)75(63(26-44)110-61-19-14-43(72(70)101)23-53(61)85)113-81-76(74(103)73(102)64(35-93)111-81)112-67-32-82(4,77(104)37(3)108-67)88-33-38-6-8-39(9-7-38)40-10-15-46(83)16-11-40/h6-19,21-23,25-26,28-29,36-37,45,48,51,54-55,64,67,69-74,76-77,81,87-88,92-95,97,100-104H,20,24,27,30-35H2,1-5H3,(H2,86,99)(H,89,106)(H,90,105)(H,91,107)/t37-,45-,48-,51-,54+,55+,64?,67-,69+,70-,71+,72+,73?,74-,76+,77+,81?,82?/m0/s1. The van der Waals surface area contributed by atoms with Crippen LogP contribution in [-0.4, -0.2) is 178 Å². The minimum absolute atomic E-state index is 0.0452. The molecule has 32 heteroatoms. The first-order valence-electron chi connectivity index (χ1n) is 37.0. The zero-order valence-electron chi connectivity index (χ0n) is 62.4. The number of rotatable bonds is 17. The largest absolute Gasteiger partial charge is 0.508 e. The van der Waals surface area contributed by atoms with E-state index in [4.69, 9.17) is 81.2 Å². The number of hydrogen-bond donors (Lipinski definition) is 16. The van der Waals surface area contributed by atoms with Crippen molar-refractivity contribution < 1.29 is 108 Å². The van der Waals surface area contributed by atoms with Crippen molar-refractivity contribution in [2.45, 2.75) is 170 Å². The summed E-state index contributed by atoms with van der Waals surface area (Å²) in [6, 6.07) is 25.2. The summed E-state index contributed by atoms with van der Waals surface area (Å²) >= 11 is 27.1. The topological polar surface area (TPSA) is 446 Å². The van der Waals surface area contributed by atoms with E-state index >= 15 is 19.2 Å². The van der Waals surface area contributed by atoms with Gasteiger partial charge in [-0.05, 0) is 151 Å². The van der Waals surface area contributed by atoms with Gasteiger partial charge in [-0.2, -0.15) is 0 Å². The Balaban J connectivity index is 1.04. The van der Waals surface area contributed by atoms with Crippen molar-refractivity contribution in [3.8, 4) is 68.2 Å². The van der Waals surface area contributed by atoms with Crippen molar-refractivity contribution in [3.05, 3.63) is 176 Å². The molecule has 18 atom stereocenters. The monoisotopic (exact) mass is 1650 g/mol. The number of aliphatic hydroxyl groups is 7. The maximum Gasteiger partial charge on any atom is 0.237 e. The number of amides is 4. The normalized spacial score (nSPS) is 27.6. The molecule has 0 radical (unpaired) electrons. The molecule has 17 N–H and O–H groups in total. The van der Waals surface area contributed by atoms with Crippen molar-refractivity contribution in [1.82, 2.24) is 26.6 Å². The van der Waals surface area contributed by atoms with Crippen LogP contribution in [0.5, 0.6) is 46.0 Å². The number of ether oxygens (including phenoxy) is 6. The first-order valence-corrected chi connectivity index (χ1v) is 38.6. The number of Topliss-reactive ketones (excluding diaryl/α,β-unsaturated/α-hetero) is 2. The van der Waals surface area contributed by atoms with E-state index in [9.17, 15) is 60.7 Å². The predicted octanol–water partition coefficient (Wildman–Crippen LogP) is 8.03. The van der Waals surface area contributed by atoms with Crippen molar-refractivity contribution in [2.75, 3.05) is 20.3 Å². The van der Waals surface area contributed by atoms with E-state index in [0.717, 1.165) is 28.8 Å². The van der Waals surface area contributed by atoms with Crippen LogP contribution < -0.4 is 46.5 Å². The summed E-state index contributed by atoms with van der Waals surface area (Å²) in [7, 11) is 1.53. The number of phenols is 3. The maximum absolute atomic E-state index is 15.8. The molecule has 7 aliphatic heterocycles. The fourth-order valence-corrected chi connectivity index (χ4v) is 16.2. The van der Waals surface area contributed by atoms with E-state index in [1.54, 1.807) is 26.0 Å². The molecule has 0 aliphatic carbocycles. The number of carbonyl (C=O) groups is 6. The third kappa shape index (κ3) is 18.5. The molecular formula is C82H89Cl3N6O22S. The van der Waals surface area contributed by atoms with Gasteiger partial charge in [-0.3, -0.25) is 28.8 Å². The lowest BCUT2D eigenvalue weighted by Crippen LogP contribution is -2.65. The number of aromatic hydroxyl groups is 3. The van der Waals surface area contributed by atoms with Gasteiger partial charge in [0.2, 0.25) is 35.7 Å².